The maximum Gasteiger partial charge on any atom is 0.266 e. The highest BCUT2D eigenvalue weighted by atomic mass is 32.2. The summed E-state index contributed by atoms with van der Waals surface area (Å²) in [5.41, 5.74) is 9.03. The smallest absolute Gasteiger partial charge is 0.266 e. The molecule has 4 aromatic carbocycles. The number of fused-ring (bicyclic) bond motifs is 1. The molecule has 1 amide bonds. The van der Waals surface area contributed by atoms with Crippen molar-refractivity contribution in [3.63, 3.8) is 0 Å². The zero-order valence-corrected chi connectivity index (χ0v) is 26.5. The SMILES string of the molecule is CCN1C(=O)C(=CC=C2N(CC)c3ccc(-c4ccccc4)cc3C2(C)C)SC1=Nc1ccc(C=Cc2ccccc2)cc1. The van der Waals surface area contributed by atoms with Crippen molar-refractivity contribution in [3.8, 4) is 11.1 Å². The lowest BCUT2D eigenvalue weighted by atomic mass is 9.82. The highest BCUT2D eigenvalue weighted by Crippen LogP contribution is 2.49. The van der Waals surface area contributed by atoms with E-state index in [0.717, 1.165) is 23.4 Å². The van der Waals surface area contributed by atoms with Crippen molar-refractivity contribution < 1.29 is 4.79 Å². The van der Waals surface area contributed by atoms with Crippen molar-refractivity contribution in [1.29, 1.82) is 0 Å². The Balaban J connectivity index is 1.25. The molecule has 4 nitrogen and oxygen atoms in total. The van der Waals surface area contributed by atoms with Gasteiger partial charge in [-0.15, -0.1) is 0 Å². The van der Waals surface area contributed by atoms with E-state index in [0.29, 0.717) is 16.6 Å². The highest BCUT2D eigenvalue weighted by Gasteiger charge is 2.40. The molecule has 0 aliphatic carbocycles. The maximum absolute atomic E-state index is 13.5. The zero-order chi connectivity index (χ0) is 30.7. The van der Waals surface area contributed by atoms with Crippen molar-refractivity contribution in [2.24, 2.45) is 4.99 Å². The summed E-state index contributed by atoms with van der Waals surface area (Å²) >= 11 is 1.44. The van der Waals surface area contributed by atoms with Crippen molar-refractivity contribution in [3.05, 3.63) is 143 Å². The normalized spacial score (nSPS) is 18.7. The van der Waals surface area contributed by atoms with Gasteiger partial charge in [0.25, 0.3) is 5.91 Å². The number of thioether (sulfide) groups is 1. The molecule has 2 heterocycles. The van der Waals surface area contributed by atoms with Crippen molar-refractivity contribution in [1.82, 2.24) is 4.90 Å². The molecule has 0 atom stereocenters. The summed E-state index contributed by atoms with van der Waals surface area (Å²) in [5, 5.41) is 0.712. The van der Waals surface area contributed by atoms with Crippen LogP contribution < -0.4 is 4.90 Å². The predicted octanol–water partition coefficient (Wildman–Crippen LogP) is 9.69. The van der Waals surface area contributed by atoms with Crippen LogP contribution in [0.2, 0.25) is 0 Å². The number of carbonyl (C=O) groups excluding carboxylic acids is 1. The van der Waals surface area contributed by atoms with Crippen LogP contribution in [0.3, 0.4) is 0 Å². The van der Waals surface area contributed by atoms with Crippen LogP contribution in [0.25, 0.3) is 23.3 Å². The van der Waals surface area contributed by atoms with Gasteiger partial charge in [-0.3, -0.25) is 9.69 Å². The quantitative estimate of drug-likeness (QED) is 0.158. The second kappa shape index (κ2) is 12.6. The van der Waals surface area contributed by atoms with Gasteiger partial charge in [-0.05, 0) is 89.8 Å². The van der Waals surface area contributed by atoms with Crippen LogP contribution in [0.4, 0.5) is 11.4 Å². The van der Waals surface area contributed by atoms with Gasteiger partial charge in [-0.1, -0.05) is 105 Å². The Morgan fingerprint density at radius 2 is 1.36 bits per heavy atom. The van der Waals surface area contributed by atoms with Crippen molar-refractivity contribution in [2.75, 3.05) is 18.0 Å². The van der Waals surface area contributed by atoms with Gasteiger partial charge in [0.15, 0.2) is 5.17 Å². The average Bonchev–Trinajstić information content (AvgIpc) is 3.47. The van der Waals surface area contributed by atoms with E-state index in [1.807, 2.05) is 49.4 Å². The molecular weight excluding hydrogens is 559 g/mol. The van der Waals surface area contributed by atoms with E-state index >= 15 is 0 Å². The molecule has 0 aromatic heterocycles. The summed E-state index contributed by atoms with van der Waals surface area (Å²) in [6, 6.07) is 35.6. The molecule has 4 aromatic rings. The lowest BCUT2D eigenvalue weighted by Crippen LogP contribution is -2.28. The number of aliphatic imine (C=N–C) groups is 1. The molecular formula is C39H37N3OS. The monoisotopic (exact) mass is 595 g/mol. The minimum Gasteiger partial charge on any atom is -0.344 e. The lowest BCUT2D eigenvalue weighted by molar-refractivity contribution is -0.122. The molecule has 1 saturated heterocycles. The molecule has 0 saturated carbocycles. The zero-order valence-electron chi connectivity index (χ0n) is 25.7. The van der Waals surface area contributed by atoms with E-state index in [2.05, 4.69) is 111 Å². The van der Waals surface area contributed by atoms with E-state index in [-0.39, 0.29) is 11.3 Å². The van der Waals surface area contributed by atoms with Crippen LogP contribution in [0, 0.1) is 0 Å². The molecule has 0 spiro atoms. The predicted molar refractivity (Wildman–Crippen MR) is 188 cm³/mol. The number of amidine groups is 1. The number of nitrogens with zero attached hydrogens (tertiary/aromatic N) is 3. The van der Waals surface area contributed by atoms with Gasteiger partial charge in [-0.2, -0.15) is 0 Å². The first-order chi connectivity index (χ1) is 21.4. The summed E-state index contributed by atoms with van der Waals surface area (Å²) in [5.74, 6) is -0.00163. The lowest BCUT2D eigenvalue weighted by Gasteiger charge is -2.25. The first kappa shape index (κ1) is 29.5. The van der Waals surface area contributed by atoms with E-state index in [4.69, 9.17) is 4.99 Å². The standard InChI is InChI=1S/C39H37N3OS/c1-5-41-34-24-21-31(30-15-11-8-12-16-30)27-33(34)39(3,4)36(41)26-25-35-37(43)42(6-2)38(44-35)40-32-22-19-29(20-23-32)18-17-28-13-9-7-10-14-28/h7-27H,5-6H2,1-4H3. The van der Waals surface area contributed by atoms with Crippen molar-refractivity contribution >= 4 is 46.4 Å². The third kappa shape index (κ3) is 5.80. The molecule has 0 radical (unpaired) electrons. The van der Waals surface area contributed by atoms with Crippen LogP contribution in [0.1, 0.15) is 44.4 Å². The summed E-state index contributed by atoms with van der Waals surface area (Å²) in [7, 11) is 0. The van der Waals surface area contributed by atoms with Gasteiger partial charge < -0.3 is 4.90 Å². The Morgan fingerprint density at radius 1 is 0.727 bits per heavy atom. The number of anilines is 1. The summed E-state index contributed by atoms with van der Waals surface area (Å²) in [6.45, 7) is 10.1. The van der Waals surface area contributed by atoms with Crippen LogP contribution in [-0.4, -0.2) is 29.1 Å². The van der Waals surface area contributed by atoms with E-state index in [9.17, 15) is 4.79 Å². The second-order valence-electron chi connectivity index (χ2n) is 11.4. The first-order valence-electron chi connectivity index (χ1n) is 15.2. The highest BCUT2D eigenvalue weighted by molar-refractivity contribution is 8.18. The first-order valence-corrected chi connectivity index (χ1v) is 16.0. The fourth-order valence-corrected chi connectivity index (χ4v) is 6.90. The minimum absolute atomic E-state index is 0.00163. The summed E-state index contributed by atoms with van der Waals surface area (Å²) < 4.78 is 0. The number of hydrogen-bond acceptors (Lipinski definition) is 4. The molecule has 1 fully saturated rings. The number of carbonyl (C=O) groups is 1. The van der Waals surface area contributed by atoms with Gasteiger partial charge in [0.2, 0.25) is 0 Å². The van der Waals surface area contributed by atoms with E-state index in [1.54, 1.807) is 4.90 Å². The number of allylic oxidation sites excluding steroid dienone is 3. The van der Waals surface area contributed by atoms with Crippen molar-refractivity contribution in [2.45, 2.75) is 33.1 Å². The molecule has 220 valence electrons. The fraction of sp³-hybridized carbons (Fsp3) is 0.179. The second-order valence-corrected chi connectivity index (χ2v) is 12.4. The molecule has 5 heteroatoms. The molecule has 0 N–H and O–H groups in total. The van der Waals surface area contributed by atoms with Crippen LogP contribution in [0.5, 0.6) is 0 Å². The molecule has 2 aliphatic heterocycles. The molecule has 6 rings (SSSR count). The van der Waals surface area contributed by atoms with E-state index in [1.165, 1.54) is 39.8 Å². The topological polar surface area (TPSA) is 35.9 Å². The fourth-order valence-electron chi connectivity index (χ4n) is 5.89. The number of rotatable bonds is 7. The Morgan fingerprint density at radius 3 is 2.02 bits per heavy atom. The number of benzene rings is 4. The maximum atomic E-state index is 13.5. The van der Waals surface area contributed by atoms with Gasteiger partial charge in [0.05, 0.1) is 10.6 Å². The van der Waals surface area contributed by atoms with E-state index < -0.39 is 0 Å². The summed E-state index contributed by atoms with van der Waals surface area (Å²) in [4.78, 5) is 23.1. The van der Waals surface area contributed by atoms with Gasteiger partial charge in [-0.25, -0.2) is 4.99 Å². The molecule has 2 aliphatic rings. The third-order valence-corrected chi connectivity index (χ3v) is 9.32. The largest absolute Gasteiger partial charge is 0.344 e. The average molecular weight is 596 g/mol. The van der Waals surface area contributed by atoms with Crippen LogP contribution in [-0.2, 0) is 10.2 Å². The Hall–Kier alpha value is -4.61. The van der Waals surface area contributed by atoms with Crippen LogP contribution >= 0.6 is 11.8 Å². The molecule has 0 bridgehead atoms. The Labute approximate surface area is 265 Å². The number of likely N-dealkylation sites (N-methyl/N-ethyl adjacent to an activating group) is 2. The molecule has 0 unspecified atom stereocenters. The Bertz CT molecular complexity index is 1780. The number of amides is 1. The van der Waals surface area contributed by atoms with Gasteiger partial charge >= 0.3 is 0 Å². The number of hydrogen-bond donors (Lipinski definition) is 0. The third-order valence-electron chi connectivity index (χ3n) is 8.30. The van der Waals surface area contributed by atoms with Crippen LogP contribution in [0.15, 0.2) is 131 Å². The van der Waals surface area contributed by atoms with Gasteiger partial charge in [0.1, 0.15) is 0 Å². The molecule has 44 heavy (non-hydrogen) atoms. The minimum atomic E-state index is -0.211. The Kier molecular flexibility index (Phi) is 8.40. The summed E-state index contributed by atoms with van der Waals surface area (Å²) in [6.07, 6.45) is 8.32. The van der Waals surface area contributed by atoms with Gasteiger partial charge in [0, 0.05) is 29.9 Å².